The van der Waals surface area contributed by atoms with Gasteiger partial charge in [0, 0.05) is 20.1 Å². The van der Waals surface area contributed by atoms with Gasteiger partial charge in [0.05, 0.1) is 17.9 Å². The highest BCUT2D eigenvalue weighted by molar-refractivity contribution is 6.05. The topological polar surface area (TPSA) is 77.9 Å². The molecule has 2 saturated heterocycles. The van der Waals surface area contributed by atoms with Crippen molar-refractivity contribution in [1.29, 1.82) is 0 Å². The number of carboxylic acid groups (broad SMARTS) is 1. The van der Waals surface area contributed by atoms with Crippen LogP contribution in [0.3, 0.4) is 0 Å². The molecule has 0 aliphatic carbocycles. The van der Waals surface area contributed by atoms with E-state index < -0.39 is 11.4 Å². The van der Waals surface area contributed by atoms with Crippen LogP contribution in [0.25, 0.3) is 0 Å². The number of hydrogen-bond donors (Lipinski definition) is 1. The van der Waals surface area contributed by atoms with Crippen molar-refractivity contribution in [2.75, 3.05) is 20.1 Å². The van der Waals surface area contributed by atoms with Crippen molar-refractivity contribution in [2.24, 2.45) is 5.41 Å². The number of likely N-dealkylation sites (tertiary alicyclic amines) is 2. The average Bonchev–Trinajstić information content (AvgIpc) is 2.66. The number of likely N-dealkylation sites (N-methyl/N-ethyl adjacent to an activating group) is 1. The predicted octanol–water partition coefficient (Wildman–Crippen LogP) is 0.320. The number of carbonyl (C=O) groups is 3. The lowest BCUT2D eigenvalue weighted by molar-refractivity contribution is -0.153. The second-order valence-electron chi connectivity index (χ2n) is 5.49. The third-order valence-corrected chi connectivity index (χ3v) is 4.68. The molecule has 1 N–H and O–H groups in total. The highest BCUT2D eigenvalue weighted by Gasteiger charge is 2.45. The van der Waals surface area contributed by atoms with Crippen molar-refractivity contribution in [3.05, 3.63) is 0 Å². The second kappa shape index (κ2) is 4.92. The maximum Gasteiger partial charge on any atom is 0.309 e. The Morgan fingerprint density at radius 1 is 1.37 bits per heavy atom. The van der Waals surface area contributed by atoms with E-state index in [2.05, 4.69) is 0 Å². The Labute approximate surface area is 112 Å². The quantitative estimate of drug-likeness (QED) is 0.746. The van der Waals surface area contributed by atoms with Gasteiger partial charge in [-0.05, 0) is 19.3 Å². The van der Waals surface area contributed by atoms with Gasteiger partial charge in [0.1, 0.15) is 0 Å². The van der Waals surface area contributed by atoms with Gasteiger partial charge < -0.3 is 5.11 Å². The third kappa shape index (κ3) is 2.25. The molecule has 6 heteroatoms. The molecular weight excluding hydrogens is 248 g/mol. The highest BCUT2D eigenvalue weighted by atomic mass is 16.4. The summed E-state index contributed by atoms with van der Waals surface area (Å²) in [6, 6.07) is -0.388. The lowest BCUT2D eigenvalue weighted by atomic mass is 9.76. The molecule has 2 amide bonds. The number of amides is 2. The van der Waals surface area contributed by atoms with Crippen molar-refractivity contribution in [3.8, 4) is 0 Å². The van der Waals surface area contributed by atoms with Gasteiger partial charge >= 0.3 is 5.97 Å². The van der Waals surface area contributed by atoms with E-state index in [4.69, 9.17) is 0 Å². The maximum absolute atomic E-state index is 11.9. The van der Waals surface area contributed by atoms with Crippen molar-refractivity contribution in [1.82, 2.24) is 9.80 Å². The summed E-state index contributed by atoms with van der Waals surface area (Å²) >= 11 is 0. The van der Waals surface area contributed by atoms with E-state index >= 15 is 0 Å². The van der Waals surface area contributed by atoms with Gasteiger partial charge in [0.15, 0.2) is 0 Å². The predicted molar refractivity (Wildman–Crippen MR) is 67.3 cm³/mol. The number of hydrogen-bond acceptors (Lipinski definition) is 4. The molecule has 1 unspecified atom stereocenters. The van der Waals surface area contributed by atoms with Gasteiger partial charge in [-0.2, -0.15) is 0 Å². The van der Waals surface area contributed by atoms with Crippen molar-refractivity contribution in [2.45, 2.75) is 38.6 Å². The van der Waals surface area contributed by atoms with E-state index in [9.17, 15) is 19.5 Å². The van der Waals surface area contributed by atoms with Crippen LogP contribution in [0.5, 0.6) is 0 Å². The first kappa shape index (κ1) is 14.0. The van der Waals surface area contributed by atoms with E-state index in [0.717, 1.165) is 0 Å². The van der Waals surface area contributed by atoms with Crippen LogP contribution in [-0.2, 0) is 14.4 Å². The minimum absolute atomic E-state index is 0.152. The van der Waals surface area contributed by atoms with E-state index in [1.54, 1.807) is 0 Å². The molecule has 0 bridgehead atoms. The lowest BCUT2D eigenvalue weighted by Gasteiger charge is -2.40. The number of aliphatic carboxylic acids is 1. The van der Waals surface area contributed by atoms with Crippen LogP contribution in [-0.4, -0.2) is 58.9 Å². The standard InChI is InChI=1S/C13H20N2O4/c1-3-13(12(18)19)4-6-15(7-5-13)9-8-10(16)14(2)11(9)17/h9H,3-8H2,1-2H3,(H,18,19). The van der Waals surface area contributed by atoms with Crippen molar-refractivity contribution >= 4 is 17.8 Å². The summed E-state index contributed by atoms with van der Waals surface area (Å²) < 4.78 is 0. The Balaban J connectivity index is 2.03. The fraction of sp³-hybridized carbons (Fsp3) is 0.769. The summed E-state index contributed by atoms with van der Waals surface area (Å²) in [5.41, 5.74) is -0.659. The normalized spacial score (nSPS) is 27.9. The number of nitrogens with zero attached hydrogens (tertiary/aromatic N) is 2. The summed E-state index contributed by atoms with van der Waals surface area (Å²) in [5, 5.41) is 9.33. The molecule has 19 heavy (non-hydrogen) atoms. The van der Waals surface area contributed by atoms with Crippen LogP contribution in [0.15, 0.2) is 0 Å². The van der Waals surface area contributed by atoms with E-state index in [-0.39, 0.29) is 24.3 Å². The van der Waals surface area contributed by atoms with Crippen LogP contribution in [0, 0.1) is 5.41 Å². The first-order valence-corrected chi connectivity index (χ1v) is 6.69. The number of imide groups is 1. The summed E-state index contributed by atoms with van der Waals surface area (Å²) in [5.74, 6) is -1.06. The Hall–Kier alpha value is -1.43. The number of piperidine rings is 1. The van der Waals surface area contributed by atoms with Crippen LogP contribution in [0.2, 0.25) is 0 Å². The second-order valence-corrected chi connectivity index (χ2v) is 5.49. The minimum atomic E-state index is -0.749. The zero-order valence-electron chi connectivity index (χ0n) is 11.4. The van der Waals surface area contributed by atoms with Gasteiger partial charge in [0.2, 0.25) is 11.8 Å². The minimum Gasteiger partial charge on any atom is -0.481 e. The van der Waals surface area contributed by atoms with Crippen LogP contribution < -0.4 is 0 Å². The Bertz CT molecular complexity index is 413. The van der Waals surface area contributed by atoms with E-state index in [1.807, 2.05) is 11.8 Å². The highest BCUT2D eigenvalue weighted by Crippen LogP contribution is 2.36. The molecule has 2 rings (SSSR count). The molecule has 0 saturated carbocycles. The molecule has 1 atom stereocenters. The third-order valence-electron chi connectivity index (χ3n) is 4.68. The molecule has 106 valence electrons. The maximum atomic E-state index is 11.9. The molecule has 0 radical (unpaired) electrons. The van der Waals surface area contributed by atoms with Gasteiger partial charge in [-0.1, -0.05) is 6.92 Å². The largest absolute Gasteiger partial charge is 0.481 e. The first-order chi connectivity index (χ1) is 8.91. The zero-order chi connectivity index (χ0) is 14.2. The molecule has 0 spiro atoms. The molecule has 2 aliphatic heterocycles. The molecule has 2 aliphatic rings. The van der Waals surface area contributed by atoms with Gasteiger partial charge in [-0.25, -0.2) is 0 Å². The smallest absolute Gasteiger partial charge is 0.309 e. The summed E-state index contributed by atoms with van der Waals surface area (Å²) in [6.45, 7) is 3.02. The van der Waals surface area contributed by atoms with Gasteiger partial charge in [0.25, 0.3) is 0 Å². The van der Waals surface area contributed by atoms with E-state index in [0.29, 0.717) is 32.4 Å². The molecule has 0 aromatic carbocycles. The number of carbonyl (C=O) groups excluding carboxylic acids is 2. The van der Waals surface area contributed by atoms with Crippen LogP contribution in [0.1, 0.15) is 32.6 Å². The molecule has 2 fully saturated rings. The zero-order valence-corrected chi connectivity index (χ0v) is 11.4. The van der Waals surface area contributed by atoms with Crippen molar-refractivity contribution < 1.29 is 19.5 Å². The molecule has 2 heterocycles. The molecule has 6 nitrogen and oxygen atoms in total. The SMILES string of the molecule is CCC1(C(=O)O)CCN(C2CC(=O)N(C)C2=O)CC1. The number of carboxylic acids is 1. The molecule has 0 aromatic rings. The Kier molecular flexibility index (Phi) is 3.62. The fourth-order valence-corrected chi connectivity index (χ4v) is 3.00. The monoisotopic (exact) mass is 268 g/mol. The van der Waals surface area contributed by atoms with E-state index in [1.165, 1.54) is 11.9 Å². The molecule has 0 aromatic heterocycles. The van der Waals surface area contributed by atoms with Crippen LogP contribution in [0.4, 0.5) is 0 Å². The summed E-state index contributed by atoms with van der Waals surface area (Å²) in [4.78, 5) is 37.9. The fourth-order valence-electron chi connectivity index (χ4n) is 3.00. The Morgan fingerprint density at radius 3 is 2.32 bits per heavy atom. The van der Waals surface area contributed by atoms with Gasteiger partial charge in [-0.3, -0.25) is 24.2 Å². The first-order valence-electron chi connectivity index (χ1n) is 6.69. The summed E-state index contributed by atoms with van der Waals surface area (Å²) in [7, 11) is 1.50. The van der Waals surface area contributed by atoms with Crippen LogP contribution >= 0.6 is 0 Å². The van der Waals surface area contributed by atoms with Crippen molar-refractivity contribution in [3.63, 3.8) is 0 Å². The average molecular weight is 268 g/mol. The number of rotatable bonds is 3. The summed E-state index contributed by atoms with van der Waals surface area (Å²) in [6.07, 6.45) is 1.91. The van der Waals surface area contributed by atoms with Gasteiger partial charge in [-0.15, -0.1) is 0 Å². The lowest BCUT2D eigenvalue weighted by Crippen LogP contribution is -2.50. The Morgan fingerprint density at radius 2 is 1.95 bits per heavy atom. The molecular formula is C13H20N2O4.